The molecule has 10 heteroatoms. The monoisotopic (exact) mass is 557 g/mol. The van der Waals surface area contributed by atoms with Crippen LogP contribution in [0.2, 0.25) is 5.02 Å². The predicted octanol–water partition coefficient (Wildman–Crippen LogP) is 4.06. The van der Waals surface area contributed by atoms with Crippen molar-refractivity contribution in [2.45, 2.75) is 33.4 Å². The lowest BCUT2D eigenvalue weighted by atomic mass is 10.1. The number of rotatable bonds is 10. The number of hydrogen-bond donors (Lipinski definition) is 1. The highest BCUT2D eigenvalue weighted by molar-refractivity contribution is 9.10. The minimum absolute atomic E-state index is 0.103. The van der Waals surface area contributed by atoms with Gasteiger partial charge in [0.25, 0.3) is 0 Å². The minimum atomic E-state index is -3.77. The van der Waals surface area contributed by atoms with Crippen LogP contribution in [0, 0.1) is 5.92 Å². The fourth-order valence-electron chi connectivity index (χ4n) is 3.11. The molecule has 2 amide bonds. The molecule has 0 fully saturated rings. The average molecular weight is 559 g/mol. The summed E-state index contributed by atoms with van der Waals surface area (Å²) in [6, 6.07) is 12.8. The van der Waals surface area contributed by atoms with Crippen molar-refractivity contribution >= 4 is 55.1 Å². The summed E-state index contributed by atoms with van der Waals surface area (Å²) < 4.78 is 26.8. The summed E-state index contributed by atoms with van der Waals surface area (Å²) in [5.74, 6) is -0.574. The van der Waals surface area contributed by atoms with Crippen molar-refractivity contribution in [2.75, 3.05) is 23.7 Å². The van der Waals surface area contributed by atoms with Crippen molar-refractivity contribution in [2.24, 2.45) is 5.92 Å². The van der Waals surface area contributed by atoms with Gasteiger partial charge in [0.1, 0.15) is 12.6 Å². The van der Waals surface area contributed by atoms with Gasteiger partial charge in [0, 0.05) is 22.6 Å². The molecule has 7 nitrogen and oxygen atoms in total. The molecule has 0 saturated carbocycles. The Morgan fingerprint density at radius 1 is 1.09 bits per heavy atom. The molecule has 0 saturated heterocycles. The smallest absolute Gasteiger partial charge is 0.244 e. The normalized spacial score (nSPS) is 12.3. The quantitative estimate of drug-likeness (QED) is 0.477. The second-order valence-corrected chi connectivity index (χ2v) is 11.5. The maximum Gasteiger partial charge on any atom is 0.244 e. The number of carbonyl (C=O) groups is 2. The number of nitrogens with one attached hydrogen (secondary N) is 1. The number of halogens is 2. The summed E-state index contributed by atoms with van der Waals surface area (Å²) in [7, 11) is -3.77. The Morgan fingerprint density at radius 3 is 2.33 bits per heavy atom. The summed E-state index contributed by atoms with van der Waals surface area (Å²) in [6.45, 7) is 5.70. The third-order valence-electron chi connectivity index (χ3n) is 4.87. The molecule has 0 radical (unpaired) electrons. The maximum atomic E-state index is 13.4. The van der Waals surface area contributed by atoms with Crippen molar-refractivity contribution in [1.29, 1.82) is 0 Å². The molecule has 0 aromatic heterocycles. The first-order valence-electron chi connectivity index (χ1n) is 10.4. The molecule has 2 aromatic carbocycles. The fourth-order valence-corrected chi connectivity index (χ4v) is 4.55. The van der Waals surface area contributed by atoms with Crippen LogP contribution in [-0.4, -0.2) is 50.5 Å². The molecular formula is C23H29BrClN3O4S. The Kier molecular flexibility index (Phi) is 9.75. The van der Waals surface area contributed by atoms with E-state index in [4.69, 9.17) is 11.6 Å². The lowest BCUT2D eigenvalue weighted by Crippen LogP contribution is -2.51. The lowest BCUT2D eigenvalue weighted by molar-refractivity contribution is -0.139. The molecule has 2 rings (SSSR count). The predicted molar refractivity (Wildman–Crippen MR) is 136 cm³/mol. The van der Waals surface area contributed by atoms with Gasteiger partial charge in [-0.1, -0.05) is 59.6 Å². The Bertz CT molecular complexity index is 1090. The van der Waals surface area contributed by atoms with Gasteiger partial charge in [-0.15, -0.1) is 0 Å². The Labute approximate surface area is 209 Å². The number of amides is 2. The summed E-state index contributed by atoms with van der Waals surface area (Å²) in [6.07, 6.45) is 1.04. The molecule has 1 atom stereocenters. The second kappa shape index (κ2) is 11.9. The van der Waals surface area contributed by atoms with E-state index in [-0.39, 0.29) is 18.4 Å². The van der Waals surface area contributed by atoms with Crippen LogP contribution in [-0.2, 0) is 26.2 Å². The zero-order chi connectivity index (χ0) is 24.8. The molecule has 2 aromatic rings. The van der Waals surface area contributed by atoms with Crippen LogP contribution in [0.4, 0.5) is 5.69 Å². The van der Waals surface area contributed by atoms with Crippen LogP contribution in [0.1, 0.15) is 26.3 Å². The minimum Gasteiger partial charge on any atom is -0.354 e. The van der Waals surface area contributed by atoms with Gasteiger partial charge in [-0.25, -0.2) is 8.42 Å². The van der Waals surface area contributed by atoms with Crippen LogP contribution >= 0.6 is 27.5 Å². The first-order valence-corrected chi connectivity index (χ1v) is 13.4. The molecule has 180 valence electrons. The van der Waals surface area contributed by atoms with E-state index in [1.807, 2.05) is 13.8 Å². The summed E-state index contributed by atoms with van der Waals surface area (Å²) in [5.41, 5.74) is 1.08. The molecule has 0 heterocycles. The second-order valence-electron chi connectivity index (χ2n) is 8.22. The number of benzene rings is 2. The van der Waals surface area contributed by atoms with Crippen molar-refractivity contribution in [3.05, 3.63) is 63.6 Å². The number of carbonyl (C=O) groups excluding carboxylic acids is 2. The summed E-state index contributed by atoms with van der Waals surface area (Å²) in [5, 5.41) is 3.34. The Morgan fingerprint density at radius 2 is 1.76 bits per heavy atom. The largest absolute Gasteiger partial charge is 0.354 e. The number of nitrogens with zero attached hydrogens (tertiary/aromatic N) is 2. The van der Waals surface area contributed by atoms with Gasteiger partial charge in [-0.2, -0.15) is 0 Å². The van der Waals surface area contributed by atoms with E-state index >= 15 is 0 Å². The third-order valence-corrected chi connectivity index (χ3v) is 6.74. The van der Waals surface area contributed by atoms with Crippen molar-refractivity contribution in [3.63, 3.8) is 0 Å². The number of sulfonamides is 1. The zero-order valence-electron chi connectivity index (χ0n) is 19.1. The lowest BCUT2D eigenvalue weighted by Gasteiger charge is -2.31. The molecule has 1 N–H and O–H groups in total. The molecule has 0 aliphatic heterocycles. The van der Waals surface area contributed by atoms with Gasteiger partial charge < -0.3 is 10.2 Å². The van der Waals surface area contributed by atoms with E-state index in [0.29, 0.717) is 21.7 Å². The standard InChI is InChI=1S/C23H29BrClN3O4S/c1-16(2)13-26-23(30)17(3)27(14-18-7-5-9-20(25)11-18)22(29)15-28(33(4,31)32)21-10-6-8-19(24)12-21/h5-12,16-17H,13-15H2,1-4H3,(H,26,30)/t17-/m1/s1. The van der Waals surface area contributed by atoms with E-state index in [1.54, 1.807) is 55.5 Å². The van der Waals surface area contributed by atoms with Gasteiger partial charge in [-0.05, 0) is 48.7 Å². The van der Waals surface area contributed by atoms with Crippen LogP contribution in [0.25, 0.3) is 0 Å². The van der Waals surface area contributed by atoms with Crippen LogP contribution in [0.5, 0.6) is 0 Å². The average Bonchev–Trinajstić information content (AvgIpc) is 2.72. The molecule has 0 bridgehead atoms. The topological polar surface area (TPSA) is 86.8 Å². The van der Waals surface area contributed by atoms with Gasteiger partial charge in [0.15, 0.2) is 0 Å². The zero-order valence-corrected chi connectivity index (χ0v) is 22.2. The molecule has 0 unspecified atom stereocenters. The van der Waals surface area contributed by atoms with Gasteiger partial charge in [-0.3, -0.25) is 13.9 Å². The summed E-state index contributed by atoms with van der Waals surface area (Å²) in [4.78, 5) is 27.6. The highest BCUT2D eigenvalue weighted by Crippen LogP contribution is 2.23. The summed E-state index contributed by atoms with van der Waals surface area (Å²) >= 11 is 9.43. The van der Waals surface area contributed by atoms with E-state index in [2.05, 4.69) is 21.2 Å². The first-order chi connectivity index (χ1) is 15.4. The van der Waals surface area contributed by atoms with Crippen LogP contribution in [0.15, 0.2) is 53.0 Å². The van der Waals surface area contributed by atoms with Gasteiger partial charge >= 0.3 is 0 Å². The molecule has 0 spiro atoms. The SMILES string of the molecule is CC(C)CNC(=O)[C@@H](C)N(Cc1cccc(Cl)c1)C(=O)CN(c1cccc(Br)c1)S(C)(=O)=O. The maximum absolute atomic E-state index is 13.4. The highest BCUT2D eigenvalue weighted by Gasteiger charge is 2.30. The molecular weight excluding hydrogens is 530 g/mol. The van der Waals surface area contributed by atoms with E-state index in [9.17, 15) is 18.0 Å². The Hall–Kier alpha value is -2.10. The van der Waals surface area contributed by atoms with Crippen molar-refractivity contribution in [3.8, 4) is 0 Å². The van der Waals surface area contributed by atoms with E-state index < -0.39 is 28.5 Å². The first kappa shape index (κ1) is 27.1. The van der Waals surface area contributed by atoms with Crippen LogP contribution < -0.4 is 9.62 Å². The molecule has 0 aliphatic carbocycles. The number of anilines is 1. The molecule has 33 heavy (non-hydrogen) atoms. The highest BCUT2D eigenvalue weighted by atomic mass is 79.9. The van der Waals surface area contributed by atoms with Crippen LogP contribution in [0.3, 0.4) is 0 Å². The Balaban J connectivity index is 2.36. The van der Waals surface area contributed by atoms with Crippen molar-refractivity contribution < 1.29 is 18.0 Å². The van der Waals surface area contributed by atoms with E-state index in [0.717, 1.165) is 16.1 Å². The van der Waals surface area contributed by atoms with E-state index in [1.165, 1.54) is 4.90 Å². The van der Waals surface area contributed by atoms with Gasteiger partial charge in [0.2, 0.25) is 21.8 Å². The molecule has 0 aliphatic rings. The number of hydrogen-bond acceptors (Lipinski definition) is 4. The fraction of sp³-hybridized carbons (Fsp3) is 0.391. The van der Waals surface area contributed by atoms with Gasteiger partial charge in [0.05, 0.1) is 11.9 Å². The third kappa shape index (κ3) is 8.32. The van der Waals surface area contributed by atoms with Crippen molar-refractivity contribution in [1.82, 2.24) is 10.2 Å².